The number of amides is 2. The van der Waals surface area contributed by atoms with Crippen molar-refractivity contribution < 1.29 is 9.59 Å². The van der Waals surface area contributed by atoms with E-state index in [1.165, 1.54) is 6.92 Å². The van der Waals surface area contributed by atoms with Gasteiger partial charge in [-0.15, -0.1) is 11.8 Å². The topological polar surface area (TPSA) is 71.1 Å². The summed E-state index contributed by atoms with van der Waals surface area (Å²) in [6.07, 6.45) is 1.75. The van der Waals surface area contributed by atoms with Crippen LogP contribution in [0, 0.1) is 0 Å². The molecule has 132 valence electrons. The molecule has 2 aromatic rings. The van der Waals surface area contributed by atoms with E-state index in [-0.39, 0.29) is 18.2 Å². The standard InChI is InChI=1S/C18H20ClN3O2S/c1-3-25-18-9-8-15(11-20-18)22-17(24)10-16(21-12(2)23)13-4-6-14(19)7-5-13/h4-9,11,16H,3,10H2,1-2H3,(H,21,23)(H,22,24). The normalized spacial score (nSPS) is 11.6. The largest absolute Gasteiger partial charge is 0.349 e. The van der Waals surface area contributed by atoms with Gasteiger partial charge in [0, 0.05) is 11.9 Å². The van der Waals surface area contributed by atoms with Crippen LogP contribution in [0.5, 0.6) is 0 Å². The molecule has 0 saturated heterocycles. The van der Waals surface area contributed by atoms with E-state index in [1.807, 2.05) is 12.1 Å². The second-order valence-electron chi connectivity index (χ2n) is 5.38. The summed E-state index contributed by atoms with van der Waals surface area (Å²) in [5, 5.41) is 7.12. The average Bonchev–Trinajstić information content (AvgIpc) is 2.56. The highest BCUT2D eigenvalue weighted by atomic mass is 35.5. The van der Waals surface area contributed by atoms with Crippen LogP contribution in [0.2, 0.25) is 5.02 Å². The zero-order valence-corrected chi connectivity index (χ0v) is 15.7. The van der Waals surface area contributed by atoms with Crippen LogP contribution < -0.4 is 10.6 Å². The predicted octanol–water partition coefficient (Wildman–Crippen LogP) is 4.05. The molecule has 1 atom stereocenters. The number of carbonyl (C=O) groups excluding carboxylic acids is 2. The molecule has 0 spiro atoms. The maximum Gasteiger partial charge on any atom is 0.226 e. The fourth-order valence-electron chi connectivity index (χ4n) is 2.28. The number of nitrogens with zero attached hydrogens (tertiary/aromatic N) is 1. The number of hydrogen-bond acceptors (Lipinski definition) is 4. The van der Waals surface area contributed by atoms with Gasteiger partial charge in [-0.05, 0) is 35.6 Å². The van der Waals surface area contributed by atoms with Gasteiger partial charge >= 0.3 is 0 Å². The average molecular weight is 378 g/mol. The van der Waals surface area contributed by atoms with E-state index in [4.69, 9.17) is 11.6 Å². The van der Waals surface area contributed by atoms with Gasteiger partial charge in [0.15, 0.2) is 0 Å². The molecule has 1 unspecified atom stereocenters. The summed E-state index contributed by atoms with van der Waals surface area (Å²) in [4.78, 5) is 28.1. The maximum absolute atomic E-state index is 12.3. The number of halogens is 1. The van der Waals surface area contributed by atoms with Gasteiger partial charge in [-0.2, -0.15) is 0 Å². The van der Waals surface area contributed by atoms with E-state index >= 15 is 0 Å². The van der Waals surface area contributed by atoms with Gasteiger partial charge in [-0.3, -0.25) is 9.59 Å². The third-order valence-corrected chi connectivity index (χ3v) is 4.43. The SMILES string of the molecule is CCSc1ccc(NC(=O)CC(NC(C)=O)c2ccc(Cl)cc2)cn1. The van der Waals surface area contributed by atoms with Gasteiger partial charge in [0.2, 0.25) is 11.8 Å². The molecule has 2 N–H and O–H groups in total. The lowest BCUT2D eigenvalue weighted by Gasteiger charge is -2.18. The van der Waals surface area contributed by atoms with Crippen molar-refractivity contribution in [2.24, 2.45) is 0 Å². The second-order valence-corrected chi connectivity index (χ2v) is 7.10. The third kappa shape index (κ3) is 6.40. The molecule has 2 amide bonds. The minimum atomic E-state index is -0.419. The first-order chi connectivity index (χ1) is 12.0. The Kier molecular flexibility index (Phi) is 7.28. The van der Waals surface area contributed by atoms with Gasteiger partial charge in [-0.1, -0.05) is 30.7 Å². The second kappa shape index (κ2) is 9.44. The number of hydrogen-bond donors (Lipinski definition) is 2. The quantitative estimate of drug-likeness (QED) is 0.714. The smallest absolute Gasteiger partial charge is 0.226 e. The lowest BCUT2D eigenvalue weighted by molar-refractivity contribution is -0.120. The fourth-order valence-corrected chi connectivity index (χ4v) is 2.99. The molecule has 0 fully saturated rings. The molecule has 0 aliphatic rings. The molecular weight excluding hydrogens is 358 g/mol. The molecule has 2 rings (SSSR count). The highest BCUT2D eigenvalue weighted by Gasteiger charge is 2.17. The number of thioether (sulfide) groups is 1. The molecule has 0 aliphatic carbocycles. The Morgan fingerprint density at radius 2 is 1.92 bits per heavy atom. The van der Waals surface area contributed by atoms with E-state index in [9.17, 15) is 9.59 Å². The van der Waals surface area contributed by atoms with E-state index < -0.39 is 6.04 Å². The Morgan fingerprint density at radius 1 is 1.20 bits per heavy atom. The van der Waals surface area contributed by atoms with Gasteiger partial charge in [0.05, 0.1) is 29.4 Å². The lowest BCUT2D eigenvalue weighted by Crippen LogP contribution is -2.29. The number of pyridine rings is 1. The van der Waals surface area contributed by atoms with E-state index in [0.29, 0.717) is 10.7 Å². The number of rotatable bonds is 7. The minimum Gasteiger partial charge on any atom is -0.349 e. The number of nitrogens with one attached hydrogen (secondary N) is 2. The van der Waals surface area contributed by atoms with Gasteiger partial charge in [0.1, 0.15) is 0 Å². The number of carbonyl (C=O) groups is 2. The molecule has 0 saturated carbocycles. The Morgan fingerprint density at radius 3 is 2.48 bits per heavy atom. The van der Waals surface area contributed by atoms with Crippen molar-refractivity contribution in [2.45, 2.75) is 31.3 Å². The van der Waals surface area contributed by atoms with Crippen molar-refractivity contribution in [2.75, 3.05) is 11.1 Å². The van der Waals surface area contributed by atoms with E-state index in [1.54, 1.807) is 42.2 Å². The Hall–Kier alpha value is -2.05. The molecule has 0 aliphatic heterocycles. The van der Waals surface area contributed by atoms with Crippen LogP contribution in [0.3, 0.4) is 0 Å². The molecule has 7 heteroatoms. The first-order valence-electron chi connectivity index (χ1n) is 7.89. The summed E-state index contributed by atoms with van der Waals surface area (Å²) in [5.41, 5.74) is 1.45. The first-order valence-corrected chi connectivity index (χ1v) is 9.25. The summed E-state index contributed by atoms with van der Waals surface area (Å²) in [6, 6.07) is 10.3. The Bertz CT molecular complexity index is 720. The maximum atomic E-state index is 12.3. The number of benzene rings is 1. The van der Waals surface area contributed by atoms with Crippen molar-refractivity contribution in [1.29, 1.82) is 0 Å². The van der Waals surface area contributed by atoms with E-state index in [0.717, 1.165) is 16.3 Å². The molecular formula is C18H20ClN3O2S. The lowest BCUT2D eigenvalue weighted by atomic mass is 10.0. The van der Waals surface area contributed by atoms with Crippen LogP contribution in [0.1, 0.15) is 31.9 Å². The molecule has 1 heterocycles. The van der Waals surface area contributed by atoms with Crippen LogP contribution >= 0.6 is 23.4 Å². The van der Waals surface area contributed by atoms with Crippen molar-refractivity contribution >= 4 is 40.9 Å². The molecule has 1 aromatic carbocycles. The van der Waals surface area contributed by atoms with Crippen LogP contribution in [-0.2, 0) is 9.59 Å². The van der Waals surface area contributed by atoms with Crippen molar-refractivity contribution in [3.8, 4) is 0 Å². The zero-order chi connectivity index (χ0) is 18.2. The summed E-state index contributed by atoms with van der Waals surface area (Å²) < 4.78 is 0. The zero-order valence-electron chi connectivity index (χ0n) is 14.1. The Labute approximate surface area is 156 Å². The van der Waals surface area contributed by atoms with Crippen LogP contribution in [0.4, 0.5) is 5.69 Å². The fraction of sp³-hybridized carbons (Fsp3) is 0.278. The highest BCUT2D eigenvalue weighted by Crippen LogP contribution is 2.21. The van der Waals surface area contributed by atoms with Crippen molar-refractivity contribution in [3.63, 3.8) is 0 Å². The van der Waals surface area contributed by atoms with Gasteiger partial charge in [-0.25, -0.2) is 4.98 Å². The monoisotopic (exact) mass is 377 g/mol. The van der Waals surface area contributed by atoms with Crippen LogP contribution in [-0.4, -0.2) is 22.6 Å². The molecule has 0 radical (unpaired) electrons. The van der Waals surface area contributed by atoms with E-state index in [2.05, 4.69) is 22.5 Å². The number of anilines is 1. The minimum absolute atomic E-state index is 0.118. The van der Waals surface area contributed by atoms with Crippen molar-refractivity contribution in [3.05, 3.63) is 53.2 Å². The molecule has 5 nitrogen and oxygen atoms in total. The first kappa shape index (κ1) is 19.3. The molecule has 1 aromatic heterocycles. The highest BCUT2D eigenvalue weighted by molar-refractivity contribution is 7.99. The summed E-state index contributed by atoms with van der Waals surface area (Å²) >= 11 is 7.53. The molecule has 0 bridgehead atoms. The third-order valence-electron chi connectivity index (χ3n) is 3.35. The van der Waals surface area contributed by atoms with Crippen LogP contribution in [0.15, 0.2) is 47.6 Å². The molecule has 25 heavy (non-hydrogen) atoms. The predicted molar refractivity (Wildman–Crippen MR) is 102 cm³/mol. The van der Waals surface area contributed by atoms with Gasteiger partial charge < -0.3 is 10.6 Å². The summed E-state index contributed by atoms with van der Waals surface area (Å²) in [6.45, 7) is 3.48. The van der Waals surface area contributed by atoms with Gasteiger partial charge in [0.25, 0.3) is 0 Å². The van der Waals surface area contributed by atoms with Crippen LogP contribution in [0.25, 0.3) is 0 Å². The summed E-state index contributed by atoms with van der Waals surface area (Å²) in [7, 11) is 0. The van der Waals surface area contributed by atoms with Crippen molar-refractivity contribution in [1.82, 2.24) is 10.3 Å². The number of aromatic nitrogens is 1. The summed E-state index contributed by atoms with van der Waals surface area (Å²) in [5.74, 6) is 0.541. The Balaban J connectivity index is 2.03.